The molecule has 0 unspecified atom stereocenters. The van der Waals surface area contributed by atoms with Gasteiger partial charge >= 0.3 is 0 Å². The fourth-order valence-corrected chi connectivity index (χ4v) is 4.07. The molecule has 134 valence electrons. The van der Waals surface area contributed by atoms with Crippen LogP contribution in [0.5, 0.6) is 0 Å². The molecule has 0 aromatic carbocycles. The van der Waals surface area contributed by atoms with Gasteiger partial charge in [0, 0.05) is 13.2 Å². The smallest absolute Gasteiger partial charge is 0.0465 e. The van der Waals surface area contributed by atoms with Crippen LogP contribution in [-0.4, -0.2) is 13.2 Å². The van der Waals surface area contributed by atoms with Gasteiger partial charge in [0.2, 0.25) is 0 Å². The van der Waals surface area contributed by atoms with Gasteiger partial charge in [-0.2, -0.15) is 0 Å². The van der Waals surface area contributed by atoms with E-state index in [1.54, 1.807) is 0 Å². The second-order valence-corrected chi connectivity index (χ2v) is 7.17. The van der Waals surface area contributed by atoms with E-state index < -0.39 is 0 Å². The maximum Gasteiger partial charge on any atom is 0.0465 e. The quantitative estimate of drug-likeness (QED) is 0.252. The lowest BCUT2D eigenvalue weighted by Crippen LogP contribution is -2.20. The van der Waals surface area contributed by atoms with Crippen LogP contribution in [0.4, 0.5) is 0 Å². The Bertz CT molecular complexity index is 195. The van der Waals surface area contributed by atoms with Gasteiger partial charge in [-0.25, -0.2) is 0 Å². The van der Waals surface area contributed by atoms with Gasteiger partial charge in [0.15, 0.2) is 0 Å². The summed E-state index contributed by atoms with van der Waals surface area (Å²) in [5.74, 6) is 0. The van der Waals surface area contributed by atoms with Crippen molar-refractivity contribution in [3.05, 3.63) is 0 Å². The summed E-state index contributed by atoms with van der Waals surface area (Å²) in [7, 11) is 0. The lowest BCUT2D eigenvalue weighted by atomic mass is 9.72. The average molecular weight is 313 g/mol. The largest absolute Gasteiger partial charge is 0.382 e. The Morgan fingerprint density at radius 1 is 0.545 bits per heavy atom. The van der Waals surface area contributed by atoms with Crippen molar-refractivity contribution >= 4 is 0 Å². The van der Waals surface area contributed by atoms with Crippen LogP contribution in [0, 0.1) is 5.41 Å². The maximum atomic E-state index is 5.38. The second kappa shape index (κ2) is 15.8. The minimum absolute atomic E-state index is 0.676. The molecule has 0 radical (unpaired) electrons. The lowest BCUT2D eigenvalue weighted by molar-refractivity contribution is 0.143. The van der Waals surface area contributed by atoms with E-state index in [9.17, 15) is 0 Å². The topological polar surface area (TPSA) is 9.23 Å². The molecule has 0 fully saturated rings. The third kappa shape index (κ3) is 11.5. The molecule has 0 spiro atoms. The van der Waals surface area contributed by atoms with Gasteiger partial charge in [-0.15, -0.1) is 0 Å². The van der Waals surface area contributed by atoms with Gasteiger partial charge in [0.05, 0.1) is 0 Å². The van der Waals surface area contributed by atoms with Gasteiger partial charge in [-0.3, -0.25) is 0 Å². The first-order valence-corrected chi connectivity index (χ1v) is 10.3. The normalized spacial score (nSPS) is 12.0. The van der Waals surface area contributed by atoms with Crippen LogP contribution < -0.4 is 0 Å². The van der Waals surface area contributed by atoms with E-state index in [0.29, 0.717) is 5.41 Å². The number of hydrogen-bond donors (Lipinski definition) is 0. The molecular weight excluding hydrogens is 268 g/mol. The summed E-state index contributed by atoms with van der Waals surface area (Å²) in [6, 6.07) is 0. The maximum absolute atomic E-state index is 5.38. The molecule has 0 aliphatic heterocycles. The van der Waals surface area contributed by atoms with Crippen molar-refractivity contribution in [3.8, 4) is 0 Å². The summed E-state index contributed by atoms with van der Waals surface area (Å²) in [6.45, 7) is 11.0. The molecule has 0 aliphatic carbocycles. The second-order valence-electron chi connectivity index (χ2n) is 7.17. The van der Waals surface area contributed by atoms with E-state index in [2.05, 4.69) is 27.7 Å². The van der Waals surface area contributed by atoms with E-state index in [1.165, 1.54) is 89.9 Å². The Morgan fingerprint density at radius 2 is 1.00 bits per heavy atom. The van der Waals surface area contributed by atoms with Crippen molar-refractivity contribution in [2.75, 3.05) is 13.2 Å². The third-order valence-electron chi connectivity index (χ3n) is 5.04. The number of ether oxygens (including phenoxy) is 1. The van der Waals surface area contributed by atoms with Crippen LogP contribution in [0.3, 0.4) is 0 Å². The summed E-state index contributed by atoms with van der Waals surface area (Å²) in [6.07, 6.45) is 19.7. The summed E-state index contributed by atoms with van der Waals surface area (Å²) in [4.78, 5) is 0. The van der Waals surface area contributed by atoms with E-state index in [0.717, 1.165) is 13.2 Å². The number of rotatable bonds is 17. The number of unbranched alkanes of at least 4 members (excludes halogenated alkanes) is 6. The first kappa shape index (κ1) is 22.0. The molecule has 0 amide bonds. The van der Waals surface area contributed by atoms with Crippen molar-refractivity contribution < 1.29 is 4.74 Å². The van der Waals surface area contributed by atoms with Crippen LogP contribution in [0.25, 0.3) is 0 Å². The van der Waals surface area contributed by atoms with Crippen LogP contribution in [0.2, 0.25) is 0 Å². The molecule has 0 aromatic rings. The van der Waals surface area contributed by atoms with E-state index in [4.69, 9.17) is 4.74 Å². The van der Waals surface area contributed by atoms with E-state index >= 15 is 0 Å². The van der Waals surface area contributed by atoms with Crippen molar-refractivity contribution in [2.45, 2.75) is 118 Å². The van der Waals surface area contributed by atoms with Gasteiger partial charge < -0.3 is 4.74 Å². The first-order chi connectivity index (χ1) is 10.7. The van der Waals surface area contributed by atoms with Gasteiger partial charge in [0.25, 0.3) is 0 Å². The summed E-state index contributed by atoms with van der Waals surface area (Å²) >= 11 is 0. The standard InChI is InChI=1S/C21H44O/c1-5-16-21(17-6-2,18-7-3)19-14-12-10-9-11-13-15-20-22-8-4/h5-20H2,1-4H3. The van der Waals surface area contributed by atoms with Crippen LogP contribution in [0.15, 0.2) is 0 Å². The van der Waals surface area contributed by atoms with Crippen LogP contribution >= 0.6 is 0 Å². The minimum Gasteiger partial charge on any atom is -0.382 e. The molecule has 1 heteroatoms. The zero-order chi connectivity index (χ0) is 16.5. The lowest BCUT2D eigenvalue weighted by Gasteiger charge is -2.34. The Morgan fingerprint density at radius 3 is 1.45 bits per heavy atom. The Labute approximate surface area is 141 Å². The molecule has 0 bridgehead atoms. The molecular formula is C21H44O. The highest BCUT2D eigenvalue weighted by atomic mass is 16.5. The SMILES string of the molecule is CCCC(CCC)(CCC)CCCCCCCCCOCC. The number of hydrogen-bond acceptors (Lipinski definition) is 1. The Hall–Kier alpha value is -0.0400. The molecule has 0 saturated carbocycles. The van der Waals surface area contributed by atoms with Gasteiger partial charge in [-0.1, -0.05) is 78.6 Å². The Kier molecular flexibility index (Phi) is 15.8. The zero-order valence-corrected chi connectivity index (χ0v) is 16.2. The summed E-state index contributed by atoms with van der Waals surface area (Å²) < 4.78 is 5.38. The first-order valence-electron chi connectivity index (χ1n) is 10.3. The highest BCUT2D eigenvalue weighted by Crippen LogP contribution is 2.40. The molecule has 22 heavy (non-hydrogen) atoms. The molecule has 1 nitrogen and oxygen atoms in total. The third-order valence-corrected chi connectivity index (χ3v) is 5.04. The molecule has 0 rings (SSSR count). The average Bonchev–Trinajstić information content (AvgIpc) is 2.50. The van der Waals surface area contributed by atoms with E-state index in [1.807, 2.05) is 0 Å². The fraction of sp³-hybridized carbons (Fsp3) is 1.00. The van der Waals surface area contributed by atoms with E-state index in [-0.39, 0.29) is 0 Å². The zero-order valence-electron chi connectivity index (χ0n) is 16.2. The van der Waals surface area contributed by atoms with Crippen molar-refractivity contribution in [1.29, 1.82) is 0 Å². The van der Waals surface area contributed by atoms with Gasteiger partial charge in [0.1, 0.15) is 0 Å². The Balaban J connectivity index is 3.70. The van der Waals surface area contributed by atoms with Crippen molar-refractivity contribution in [1.82, 2.24) is 0 Å². The van der Waals surface area contributed by atoms with Crippen LogP contribution in [-0.2, 0) is 4.74 Å². The monoisotopic (exact) mass is 312 g/mol. The summed E-state index contributed by atoms with van der Waals surface area (Å²) in [5, 5.41) is 0. The predicted octanol–water partition coefficient (Wildman–Crippen LogP) is 7.53. The highest BCUT2D eigenvalue weighted by Gasteiger charge is 2.26. The van der Waals surface area contributed by atoms with Crippen molar-refractivity contribution in [3.63, 3.8) is 0 Å². The molecule has 0 atom stereocenters. The van der Waals surface area contributed by atoms with Crippen molar-refractivity contribution in [2.24, 2.45) is 5.41 Å². The predicted molar refractivity (Wildman–Crippen MR) is 101 cm³/mol. The molecule has 0 aliphatic rings. The molecule has 0 heterocycles. The molecule has 0 N–H and O–H groups in total. The van der Waals surface area contributed by atoms with Gasteiger partial charge in [-0.05, 0) is 44.4 Å². The highest BCUT2D eigenvalue weighted by molar-refractivity contribution is 4.78. The van der Waals surface area contributed by atoms with Crippen LogP contribution in [0.1, 0.15) is 118 Å². The molecule has 0 aromatic heterocycles. The fourth-order valence-electron chi connectivity index (χ4n) is 4.07. The molecule has 0 saturated heterocycles. The minimum atomic E-state index is 0.676. The summed E-state index contributed by atoms with van der Waals surface area (Å²) in [5.41, 5.74) is 0.676.